The molecule has 0 radical (unpaired) electrons. The zero-order chi connectivity index (χ0) is 26.3. The summed E-state index contributed by atoms with van der Waals surface area (Å²) in [6.07, 6.45) is 3.70. The van der Waals surface area contributed by atoms with Crippen molar-refractivity contribution in [2.75, 3.05) is 42.3 Å². The Labute approximate surface area is 220 Å². The van der Waals surface area contributed by atoms with E-state index in [-0.39, 0.29) is 12.0 Å². The van der Waals surface area contributed by atoms with Crippen LogP contribution in [-0.4, -0.2) is 63.7 Å². The third-order valence-electron chi connectivity index (χ3n) is 6.12. The third kappa shape index (κ3) is 6.19. The van der Waals surface area contributed by atoms with Crippen LogP contribution in [0.3, 0.4) is 0 Å². The topological polar surface area (TPSA) is 130 Å². The smallest absolute Gasteiger partial charge is 0.307 e. The molecule has 5 rings (SSSR count). The lowest BCUT2D eigenvalue weighted by molar-refractivity contribution is -0.141. The number of carbonyl (C=O) groups excluding carboxylic acids is 1. The van der Waals surface area contributed by atoms with Crippen molar-refractivity contribution >= 4 is 34.9 Å². The van der Waals surface area contributed by atoms with E-state index in [1.54, 1.807) is 24.5 Å². The number of rotatable bonds is 8. The normalized spacial score (nSPS) is 15.1. The van der Waals surface area contributed by atoms with Gasteiger partial charge in [-0.3, -0.25) is 4.79 Å². The van der Waals surface area contributed by atoms with Gasteiger partial charge in [0, 0.05) is 49.1 Å². The fourth-order valence-corrected chi connectivity index (χ4v) is 4.26. The third-order valence-corrected chi connectivity index (χ3v) is 6.12. The minimum Gasteiger partial charge on any atom is -0.469 e. The lowest BCUT2D eigenvalue weighted by Crippen LogP contribution is -2.52. The van der Waals surface area contributed by atoms with Crippen LogP contribution >= 0.6 is 0 Å². The second kappa shape index (κ2) is 11.6. The van der Waals surface area contributed by atoms with Crippen LogP contribution in [0.2, 0.25) is 0 Å². The molecule has 0 saturated carbocycles. The molecule has 3 N–H and O–H groups in total. The largest absolute Gasteiger partial charge is 0.469 e. The molecule has 1 atom stereocenters. The predicted octanol–water partition coefficient (Wildman–Crippen LogP) is 3.47. The Bertz CT molecular complexity index is 1400. The van der Waals surface area contributed by atoms with Crippen LogP contribution in [0, 0.1) is 6.92 Å². The molecule has 1 saturated heterocycles. The molecule has 1 aliphatic rings. The van der Waals surface area contributed by atoms with Crippen LogP contribution in [0.5, 0.6) is 0 Å². The standard InChI is InChI=1S/C27H29N9O2/c1-18-4-3-5-22(31-18)26-29-12-10-23(34-26)33-24-11-13-30-27(35-24)32-19-6-8-20(9-7-19)36-15-14-28-17-21(36)16-25(37)38-2/h3-13,21,28H,14-17H2,1-2H3,(H2,29,30,32,33,34,35). The number of esters is 1. The first-order chi connectivity index (χ1) is 18.6. The lowest BCUT2D eigenvalue weighted by atomic mass is 10.1. The molecule has 4 aromatic rings. The van der Waals surface area contributed by atoms with E-state index in [1.807, 2.05) is 49.4 Å². The van der Waals surface area contributed by atoms with Crippen molar-refractivity contribution in [3.63, 3.8) is 0 Å². The maximum atomic E-state index is 11.8. The number of nitrogens with zero attached hydrogens (tertiary/aromatic N) is 6. The highest BCUT2D eigenvalue weighted by Crippen LogP contribution is 2.24. The summed E-state index contributed by atoms with van der Waals surface area (Å²) >= 11 is 0. The summed E-state index contributed by atoms with van der Waals surface area (Å²) in [6, 6.07) is 17.3. The van der Waals surface area contributed by atoms with Crippen molar-refractivity contribution in [2.24, 2.45) is 0 Å². The number of benzene rings is 1. The Morgan fingerprint density at radius 3 is 2.58 bits per heavy atom. The van der Waals surface area contributed by atoms with E-state index in [0.29, 0.717) is 35.5 Å². The number of hydrogen-bond donors (Lipinski definition) is 3. The van der Waals surface area contributed by atoms with Gasteiger partial charge in [0.2, 0.25) is 5.95 Å². The highest BCUT2D eigenvalue weighted by atomic mass is 16.5. The van der Waals surface area contributed by atoms with Crippen LogP contribution in [0.15, 0.2) is 67.0 Å². The van der Waals surface area contributed by atoms with Crippen molar-refractivity contribution in [1.29, 1.82) is 0 Å². The van der Waals surface area contributed by atoms with E-state index in [1.165, 1.54) is 7.11 Å². The van der Waals surface area contributed by atoms with Gasteiger partial charge in [-0.05, 0) is 55.5 Å². The molecule has 38 heavy (non-hydrogen) atoms. The Hall–Kier alpha value is -4.64. The van der Waals surface area contributed by atoms with Gasteiger partial charge in [-0.1, -0.05) is 6.07 Å². The number of hydrogen-bond acceptors (Lipinski definition) is 11. The molecule has 1 aromatic carbocycles. The number of anilines is 5. The summed E-state index contributed by atoms with van der Waals surface area (Å²) in [7, 11) is 1.42. The van der Waals surface area contributed by atoms with Crippen LogP contribution < -0.4 is 20.9 Å². The molecule has 3 aromatic heterocycles. The Morgan fingerprint density at radius 1 is 1.00 bits per heavy atom. The van der Waals surface area contributed by atoms with Gasteiger partial charge in [0.05, 0.1) is 19.6 Å². The molecule has 1 unspecified atom stereocenters. The number of methoxy groups -OCH3 is 1. The van der Waals surface area contributed by atoms with Gasteiger partial charge in [0.15, 0.2) is 5.82 Å². The van der Waals surface area contributed by atoms with Crippen molar-refractivity contribution in [1.82, 2.24) is 30.2 Å². The van der Waals surface area contributed by atoms with Gasteiger partial charge in [-0.15, -0.1) is 0 Å². The van der Waals surface area contributed by atoms with E-state index in [4.69, 9.17) is 4.74 Å². The Balaban J connectivity index is 1.26. The number of carbonyl (C=O) groups is 1. The number of nitrogens with one attached hydrogen (secondary N) is 3. The summed E-state index contributed by atoms with van der Waals surface area (Å²) in [5, 5.41) is 9.81. The van der Waals surface area contributed by atoms with Gasteiger partial charge in [0.1, 0.15) is 17.3 Å². The van der Waals surface area contributed by atoms with Crippen molar-refractivity contribution in [3.8, 4) is 11.5 Å². The van der Waals surface area contributed by atoms with Gasteiger partial charge in [0.25, 0.3) is 0 Å². The van der Waals surface area contributed by atoms with Crippen molar-refractivity contribution in [3.05, 3.63) is 72.7 Å². The number of pyridine rings is 1. The van der Waals surface area contributed by atoms with Crippen LogP contribution in [0.1, 0.15) is 12.1 Å². The molecule has 0 bridgehead atoms. The number of ether oxygens (including phenoxy) is 1. The Morgan fingerprint density at radius 2 is 1.79 bits per heavy atom. The first-order valence-corrected chi connectivity index (χ1v) is 12.4. The van der Waals surface area contributed by atoms with Gasteiger partial charge >= 0.3 is 5.97 Å². The highest BCUT2D eigenvalue weighted by Gasteiger charge is 2.25. The van der Waals surface area contributed by atoms with Crippen molar-refractivity contribution in [2.45, 2.75) is 19.4 Å². The average Bonchev–Trinajstić information content (AvgIpc) is 2.94. The molecule has 0 spiro atoms. The van der Waals surface area contributed by atoms with E-state index < -0.39 is 0 Å². The molecule has 0 amide bonds. The summed E-state index contributed by atoms with van der Waals surface area (Å²) in [5.41, 5.74) is 3.50. The van der Waals surface area contributed by atoms with Gasteiger partial charge < -0.3 is 25.6 Å². The highest BCUT2D eigenvalue weighted by molar-refractivity contribution is 5.71. The first-order valence-electron chi connectivity index (χ1n) is 12.4. The zero-order valence-corrected chi connectivity index (χ0v) is 21.3. The van der Waals surface area contributed by atoms with E-state index in [9.17, 15) is 4.79 Å². The number of aryl methyl sites for hydroxylation is 1. The minimum absolute atomic E-state index is 0.0464. The average molecular weight is 512 g/mol. The van der Waals surface area contributed by atoms with Gasteiger partial charge in [-0.2, -0.15) is 4.98 Å². The Kier molecular flexibility index (Phi) is 7.65. The quantitative estimate of drug-likeness (QED) is 0.301. The van der Waals surface area contributed by atoms with Crippen LogP contribution in [0.4, 0.5) is 29.0 Å². The first kappa shape index (κ1) is 25.0. The van der Waals surface area contributed by atoms with E-state index in [0.717, 1.165) is 36.7 Å². The number of aromatic nitrogens is 5. The monoisotopic (exact) mass is 511 g/mol. The maximum Gasteiger partial charge on any atom is 0.307 e. The van der Waals surface area contributed by atoms with Crippen molar-refractivity contribution < 1.29 is 9.53 Å². The summed E-state index contributed by atoms with van der Waals surface area (Å²) in [4.78, 5) is 36.4. The van der Waals surface area contributed by atoms with E-state index >= 15 is 0 Å². The molecule has 4 heterocycles. The van der Waals surface area contributed by atoms with Crippen LogP contribution in [0.25, 0.3) is 11.5 Å². The fraction of sp³-hybridized carbons (Fsp3) is 0.259. The molecule has 11 nitrogen and oxygen atoms in total. The van der Waals surface area contributed by atoms with Gasteiger partial charge in [-0.25, -0.2) is 19.9 Å². The molecular formula is C27H29N9O2. The second-order valence-electron chi connectivity index (χ2n) is 8.82. The summed E-state index contributed by atoms with van der Waals surface area (Å²) in [6.45, 7) is 4.34. The lowest BCUT2D eigenvalue weighted by Gasteiger charge is -2.37. The molecule has 194 valence electrons. The molecule has 1 aliphatic heterocycles. The summed E-state index contributed by atoms with van der Waals surface area (Å²) in [5.74, 6) is 1.96. The molecular weight excluding hydrogens is 482 g/mol. The maximum absolute atomic E-state index is 11.8. The summed E-state index contributed by atoms with van der Waals surface area (Å²) < 4.78 is 4.87. The van der Waals surface area contributed by atoms with Crippen LogP contribution in [-0.2, 0) is 9.53 Å². The fourth-order valence-electron chi connectivity index (χ4n) is 4.26. The SMILES string of the molecule is COC(=O)CC1CNCCN1c1ccc(Nc2nccc(Nc3ccnc(-c4cccc(C)n4)n3)n2)cc1. The zero-order valence-electron chi connectivity index (χ0n) is 21.3. The molecule has 0 aliphatic carbocycles. The second-order valence-corrected chi connectivity index (χ2v) is 8.82. The number of piperazine rings is 1. The predicted molar refractivity (Wildman–Crippen MR) is 146 cm³/mol. The molecule has 1 fully saturated rings. The minimum atomic E-state index is -0.211. The van der Waals surface area contributed by atoms with E-state index in [2.05, 4.69) is 45.8 Å². The molecule has 11 heteroatoms.